The van der Waals surface area contributed by atoms with Crippen LogP contribution in [0.3, 0.4) is 0 Å². The Labute approximate surface area is 182 Å². The Morgan fingerprint density at radius 3 is 2.40 bits per heavy atom. The first-order valence-corrected chi connectivity index (χ1v) is 11.1. The quantitative estimate of drug-likeness (QED) is 0.294. The number of aromatic nitrogens is 2. The third-order valence-corrected chi connectivity index (χ3v) is 6.39. The zero-order chi connectivity index (χ0) is 20.8. The maximum Gasteiger partial charge on any atom is 0.257 e. The van der Waals surface area contributed by atoms with Gasteiger partial charge in [-0.2, -0.15) is 0 Å². The van der Waals surface area contributed by atoms with E-state index in [9.17, 15) is 9.18 Å². The molecule has 0 aliphatic heterocycles. The molecule has 30 heavy (non-hydrogen) atoms. The summed E-state index contributed by atoms with van der Waals surface area (Å²) in [6, 6.07) is 24.2. The minimum Gasteiger partial charge on any atom is -0.296 e. The molecule has 0 radical (unpaired) electrons. The van der Waals surface area contributed by atoms with Gasteiger partial charge in [0, 0.05) is 11.3 Å². The molecular formula is C23H18FN3OS2. The molecule has 4 aromatic rings. The van der Waals surface area contributed by atoms with E-state index in [1.165, 1.54) is 40.8 Å². The number of carbonyl (C=O) groups excluding carboxylic acids is 1. The number of nitrogens with zero attached hydrogens (tertiary/aromatic N) is 2. The molecule has 4 nitrogen and oxygen atoms in total. The fourth-order valence-corrected chi connectivity index (χ4v) is 4.56. The molecule has 0 aliphatic carbocycles. The summed E-state index contributed by atoms with van der Waals surface area (Å²) in [5.74, 6) is 0.107. The predicted molar refractivity (Wildman–Crippen MR) is 120 cm³/mol. The van der Waals surface area contributed by atoms with Crippen LogP contribution in [-0.4, -0.2) is 16.1 Å². The van der Waals surface area contributed by atoms with E-state index < -0.39 is 0 Å². The largest absolute Gasteiger partial charge is 0.296 e. The zero-order valence-electron chi connectivity index (χ0n) is 15.9. The van der Waals surface area contributed by atoms with Crippen LogP contribution in [0.5, 0.6) is 0 Å². The predicted octanol–water partition coefficient (Wildman–Crippen LogP) is 5.81. The van der Waals surface area contributed by atoms with Gasteiger partial charge in [0.15, 0.2) is 4.34 Å². The molecule has 3 aromatic carbocycles. The van der Waals surface area contributed by atoms with Crippen molar-refractivity contribution in [3.8, 4) is 0 Å². The lowest BCUT2D eigenvalue weighted by molar-refractivity contribution is 0.102. The number of nitrogens with one attached hydrogen (secondary N) is 1. The van der Waals surface area contributed by atoms with Crippen LogP contribution in [0, 0.1) is 5.82 Å². The lowest BCUT2D eigenvalue weighted by Gasteiger charge is -2.04. The topological polar surface area (TPSA) is 54.9 Å². The van der Waals surface area contributed by atoms with Crippen LogP contribution >= 0.6 is 23.1 Å². The van der Waals surface area contributed by atoms with Crippen LogP contribution < -0.4 is 5.32 Å². The number of rotatable bonds is 7. The SMILES string of the molecule is O=C(Nc1nnc(SCc2cccc(F)c2)s1)c1ccc(Cc2ccccc2)cc1. The van der Waals surface area contributed by atoms with Crippen molar-refractivity contribution in [3.05, 3.63) is 107 Å². The van der Waals surface area contributed by atoms with Crippen molar-refractivity contribution in [2.75, 3.05) is 5.32 Å². The van der Waals surface area contributed by atoms with Crippen LogP contribution in [0.2, 0.25) is 0 Å². The second-order valence-electron chi connectivity index (χ2n) is 6.61. The molecule has 1 aromatic heterocycles. The third-order valence-electron chi connectivity index (χ3n) is 4.35. The number of amides is 1. The van der Waals surface area contributed by atoms with E-state index in [-0.39, 0.29) is 11.7 Å². The minimum absolute atomic E-state index is 0.223. The highest BCUT2D eigenvalue weighted by atomic mass is 32.2. The van der Waals surface area contributed by atoms with Crippen molar-refractivity contribution in [1.82, 2.24) is 10.2 Å². The number of hydrogen-bond donors (Lipinski definition) is 1. The van der Waals surface area contributed by atoms with Gasteiger partial charge in [-0.1, -0.05) is 77.7 Å². The highest BCUT2D eigenvalue weighted by Crippen LogP contribution is 2.28. The Morgan fingerprint density at radius 2 is 1.63 bits per heavy atom. The molecule has 1 N–H and O–H groups in total. The van der Waals surface area contributed by atoms with E-state index >= 15 is 0 Å². The van der Waals surface area contributed by atoms with Crippen LogP contribution in [0.4, 0.5) is 9.52 Å². The summed E-state index contributed by atoms with van der Waals surface area (Å²) in [5, 5.41) is 11.3. The van der Waals surface area contributed by atoms with E-state index in [0.29, 0.717) is 20.8 Å². The van der Waals surface area contributed by atoms with Crippen LogP contribution in [0.1, 0.15) is 27.0 Å². The summed E-state index contributed by atoms with van der Waals surface area (Å²) in [5.41, 5.74) is 3.81. The van der Waals surface area contributed by atoms with Crippen molar-refractivity contribution in [1.29, 1.82) is 0 Å². The Hall–Kier alpha value is -3.03. The number of hydrogen-bond acceptors (Lipinski definition) is 5. The fraction of sp³-hybridized carbons (Fsp3) is 0.0870. The Bertz CT molecular complexity index is 1130. The number of benzene rings is 3. The maximum atomic E-state index is 13.3. The molecule has 0 unspecified atom stereocenters. The van der Waals surface area contributed by atoms with E-state index in [1.54, 1.807) is 6.07 Å². The molecule has 0 atom stereocenters. The van der Waals surface area contributed by atoms with Gasteiger partial charge in [0.25, 0.3) is 5.91 Å². The number of thioether (sulfide) groups is 1. The van der Waals surface area contributed by atoms with Crippen molar-refractivity contribution in [3.63, 3.8) is 0 Å². The molecule has 1 heterocycles. The first-order valence-electron chi connectivity index (χ1n) is 9.31. The first-order chi connectivity index (χ1) is 14.7. The highest BCUT2D eigenvalue weighted by Gasteiger charge is 2.11. The fourth-order valence-electron chi connectivity index (χ4n) is 2.87. The van der Waals surface area contributed by atoms with Crippen molar-refractivity contribution >= 4 is 34.1 Å². The lowest BCUT2D eigenvalue weighted by atomic mass is 10.0. The summed E-state index contributed by atoms with van der Waals surface area (Å²) >= 11 is 2.76. The summed E-state index contributed by atoms with van der Waals surface area (Å²) in [6.45, 7) is 0. The van der Waals surface area contributed by atoms with Gasteiger partial charge in [0.1, 0.15) is 5.82 Å². The molecule has 0 aliphatic rings. The van der Waals surface area contributed by atoms with E-state index in [0.717, 1.165) is 17.5 Å². The minimum atomic E-state index is -0.256. The number of carbonyl (C=O) groups is 1. The van der Waals surface area contributed by atoms with Crippen LogP contribution in [-0.2, 0) is 12.2 Å². The van der Waals surface area contributed by atoms with Gasteiger partial charge in [-0.25, -0.2) is 4.39 Å². The Balaban J connectivity index is 1.32. The van der Waals surface area contributed by atoms with Gasteiger partial charge in [-0.15, -0.1) is 10.2 Å². The molecule has 1 amide bonds. The number of halogens is 1. The second kappa shape index (κ2) is 9.65. The van der Waals surface area contributed by atoms with Gasteiger partial charge in [-0.05, 0) is 47.4 Å². The van der Waals surface area contributed by atoms with Crippen LogP contribution in [0.15, 0.2) is 83.2 Å². The smallest absolute Gasteiger partial charge is 0.257 e. The van der Waals surface area contributed by atoms with Gasteiger partial charge < -0.3 is 0 Å². The summed E-state index contributed by atoms with van der Waals surface area (Å²) < 4.78 is 14.0. The van der Waals surface area contributed by atoms with Gasteiger partial charge in [-0.3, -0.25) is 10.1 Å². The Kier molecular flexibility index (Phi) is 6.51. The third kappa shape index (κ3) is 5.52. The van der Waals surface area contributed by atoms with Crippen molar-refractivity contribution in [2.24, 2.45) is 0 Å². The summed E-state index contributed by atoms with van der Waals surface area (Å²) in [6.07, 6.45) is 0.824. The average Bonchev–Trinajstić information content (AvgIpc) is 3.21. The van der Waals surface area contributed by atoms with Gasteiger partial charge in [0.2, 0.25) is 5.13 Å². The standard InChI is InChI=1S/C23H18FN3OS2/c24-20-8-4-7-18(14-20)15-29-23-27-26-22(30-23)25-21(28)19-11-9-17(10-12-19)13-16-5-2-1-3-6-16/h1-12,14H,13,15H2,(H,25,26,28). The average molecular weight is 436 g/mol. The highest BCUT2D eigenvalue weighted by molar-refractivity contribution is 8.00. The molecule has 0 bridgehead atoms. The first kappa shape index (κ1) is 20.3. The van der Waals surface area contributed by atoms with Crippen LogP contribution in [0.25, 0.3) is 0 Å². The maximum absolute atomic E-state index is 13.3. The molecule has 4 rings (SSSR count). The molecular weight excluding hydrogens is 417 g/mol. The molecule has 0 spiro atoms. The lowest BCUT2D eigenvalue weighted by Crippen LogP contribution is -2.11. The van der Waals surface area contributed by atoms with Crippen molar-refractivity contribution < 1.29 is 9.18 Å². The molecule has 0 saturated heterocycles. The molecule has 0 saturated carbocycles. The van der Waals surface area contributed by atoms with E-state index in [4.69, 9.17) is 0 Å². The summed E-state index contributed by atoms with van der Waals surface area (Å²) in [7, 11) is 0. The molecule has 150 valence electrons. The Morgan fingerprint density at radius 1 is 0.900 bits per heavy atom. The monoisotopic (exact) mass is 435 g/mol. The normalized spacial score (nSPS) is 10.7. The van der Waals surface area contributed by atoms with E-state index in [2.05, 4.69) is 27.6 Å². The zero-order valence-corrected chi connectivity index (χ0v) is 17.5. The second-order valence-corrected chi connectivity index (χ2v) is 8.81. The molecule has 0 fully saturated rings. The summed E-state index contributed by atoms with van der Waals surface area (Å²) in [4.78, 5) is 12.5. The number of anilines is 1. The van der Waals surface area contributed by atoms with Gasteiger partial charge >= 0.3 is 0 Å². The van der Waals surface area contributed by atoms with Crippen molar-refractivity contribution in [2.45, 2.75) is 16.5 Å². The molecule has 7 heteroatoms. The van der Waals surface area contributed by atoms with Gasteiger partial charge in [0.05, 0.1) is 0 Å². The van der Waals surface area contributed by atoms with E-state index in [1.807, 2.05) is 48.5 Å².